The number of hydrogen-bond donors (Lipinski definition) is 2. The molecule has 4 rings (SSSR count). The van der Waals surface area contributed by atoms with Crippen molar-refractivity contribution in [2.24, 2.45) is 11.7 Å². The van der Waals surface area contributed by atoms with E-state index in [2.05, 4.69) is 46.5 Å². The topological polar surface area (TPSA) is 107 Å². The molecule has 3 N–H and O–H groups in total. The van der Waals surface area contributed by atoms with Gasteiger partial charge in [0.2, 0.25) is 5.91 Å². The van der Waals surface area contributed by atoms with Crippen LogP contribution in [0.25, 0.3) is 22.5 Å². The van der Waals surface area contributed by atoms with E-state index in [1.54, 1.807) is 27.7 Å². The Bertz CT molecular complexity index is 1290. The van der Waals surface area contributed by atoms with Gasteiger partial charge in [-0.25, -0.2) is 14.8 Å². The van der Waals surface area contributed by atoms with Gasteiger partial charge in [-0.15, -0.1) is 0 Å². The number of carbonyl (C=O) groups excluding carboxylic acids is 2. The second kappa shape index (κ2) is 13.4. The minimum atomic E-state index is -0.793. The second-order valence-corrected chi connectivity index (χ2v) is 12.3. The van der Waals surface area contributed by atoms with Crippen LogP contribution in [0.3, 0.4) is 0 Å². The van der Waals surface area contributed by atoms with Gasteiger partial charge >= 0.3 is 5.97 Å². The molecule has 7 heteroatoms. The Kier molecular flexibility index (Phi) is 9.92. The summed E-state index contributed by atoms with van der Waals surface area (Å²) in [5.41, 5.74) is 10.8. The van der Waals surface area contributed by atoms with Gasteiger partial charge in [-0.2, -0.15) is 0 Å². The molecule has 1 heterocycles. The van der Waals surface area contributed by atoms with Crippen LogP contribution < -0.4 is 11.1 Å². The first kappa shape index (κ1) is 30.4. The Morgan fingerprint density at radius 1 is 0.927 bits per heavy atom. The Labute approximate surface area is 244 Å². The fourth-order valence-electron chi connectivity index (χ4n) is 5.38. The van der Waals surface area contributed by atoms with Crippen molar-refractivity contribution in [1.29, 1.82) is 0 Å². The molecule has 0 unspecified atom stereocenters. The van der Waals surface area contributed by atoms with E-state index in [-0.39, 0.29) is 0 Å². The largest absolute Gasteiger partial charge is 0.458 e. The van der Waals surface area contributed by atoms with Gasteiger partial charge < -0.3 is 15.8 Å². The highest BCUT2D eigenvalue weighted by Crippen LogP contribution is 2.37. The van der Waals surface area contributed by atoms with Gasteiger partial charge in [-0.1, -0.05) is 61.9 Å². The fourth-order valence-corrected chi connectivity index (χ4v) is 5.38. The van der Waals surface area contributed by atoms with Gasteiger partial charge in [0.25, 0.3) is 0 Å². The number of aromatic nitrogens is 2. The average Bonchev–Trinajstić information content (AvgIpc) is 2.97. The van der Waals surface area contributed by atoms with E-state index in [1.807, 2.05) is 36.7 Å². The molecule has 1 aliphatic carbocycles. The Hall–Kier alpha value is -3.58. The number of hydrogen-bond acceptors (Lipinski definition) is 6. The van der Waals surface area contributed by atoms with Crippen molar-refractivity contribution in [3.8, 4) is 22.5 Å². The Morgan fingerprint density at radius 2 is 1.51 bits per heavy atom. The highest BCUT2D eigenvalue weighted by Gasteiger charge is 2.25. The van der Waals surface area contributed by atoms with Crippen molar-refractivity contribution in [3.63, 3.8) is 0 Å². The van der Waals surface area contributed by atoms with Crippen molar-refractivity contribution in [1.82, 2.24) is 15.3 Å². The normalized spacial score (nSPS) is 18.8. The smallest absolute Gasteiger partial charge is 0.328 e. The number of nitrogens with one attached hydrogen (secondary N) is 1. The van der Waals surface area contributed by atoms with Gasteiger partial charge in [0.15, 0.2) is 5.82 Å². The number of nitrogens with two attached hydrogens (primary N) is 1. The number of esters is 1. The summed E-state index contributed by atoms with van der Waals surface area (Å²) in [5.74, 6) is 1.33. The van der Waals surface area contributed by atoms with E-state index in [1.165, 1.54) is 37.7 Å². The monoisotopic (exact) mass is 556 g/mol. The average molecular weight is 557 g/mol. The summed E-state index contributed by atoms with van der Waals surface area (Å²) in [6.45, 7) is 9.24. The number of nitrogens with zero attached hydrogens (tertiary/aromatic N) is 2. The predicted molar refractivity (Wildman–Crippen MR) is 163 cm³/mol. The minimum absolute atomic E-state index is 0.336. The summed E-state index contributed by atoms with van der Waals surface area (Å²) >= 11 is 0. The fraction of sp³-hybridized carbons (Fsp3) is 0.471. The standard InChI is InChI=1S/C34H44N4O3/c1-6-23-7-11-25(12-8-23)26-15-17-27(18-16-26)29-20-36-31(37-21-29)28-13-9-24(10-14-28)19-30(35)32(39)38-22(2)33(40)41-34(3,4)5/h9-10,13-18,20-23,25,30H,6-8,11-12,19,35H2,1-5H3,(H,38,39)/t22-,23-,25+,30+/m1/s1. The van der Waals surface area contributed by atoms with E-state index in [9.17, 15) is 9.59 Å². The lowest BCUT2D eigenvalue weighted by Crippen LogP contribution is -2.49. The summed E-state index contributed by atoms with van der Waals surface area (Å²) in [5, 5.41) is 2.64. The summed E-state index contributed by atoms with van der Waals surface area (Å²) < 4.78 is 5.31. The zero-order chi connectivity index (χ0) is 29.6. The van der Waals surface area contributed by atoms with Crippen molar-refractivity contribution in [2.45, 2.75) is 96.7 Å². The molecule has 41 heavy (non-hydrogen) atoms. The third-order valence-electron chi connectivity index (χ3n) is 7.91. The van der Waals surface area contributed by atoms with E-state index >= 15 is 0 Å². The van der Waals surface area contributed by atoms with Crippen molar-refractivity contribution in [2.75, 3.05) is 0 Å². The molecule has 0 radical (unpaired) electrons. The zero-order valence-corrected chi connectivity index (χ0v) is 25.0. The van der Waals surface area contributed by atoms with Crippen molar-refractivity contribution in [3.05, 3.63) is 72.1 Å². The predicted octanol–water partition coefficient (Wildman–Crippen LogP) is 6.21. The molecule has 0 aliphatic heterocycles. The van der Waals surface area contributed by atoms with Crippen LogP contribution in [0.1, 0.15) is 83.8 Å². The lowest BCUT2D eigenvalue weighted by atomic mass is 9.78. The van der Waals surface area contributed by atoms with Crippen LogP contribution in [0, 0.1) is 5.92 Å². The van der Waals surface area contributed by atoms with Crippen molar-refractivity contribution >= 4 is 11.9 Å². The molecule has 218 valence electrons. The van der Waals surface area contributed by atoms with Gasteiger partial charge in [0, 0.05) is 23.5 Å². The molecule has 0 bridgehead atoms. The molecule has 2 atom stereocenters. The van der Waals surface area contributed by atoms with Crippen LogP contribution in [0.15, 0.2) is 60.9 Å². The van der Waals surface area contributed by atoms with Gasteiger partial charge in [-0.3, -0.25) is 4.79 Å². The number of amides is 1. The van der Waals surface area contributed by atoms with E-state index in [0.717, 1.165) is 28.2 Å². The maximum Gasteiger partial charge on any atom is 0.328 e. The molecule has 1 fully saturated rings. The van der Waals surface area contributed by atoms with E-state index in [4.69, 9.17) is 10.5 Å². The molecule has 2 aromatic carbocycles. The maximum absolute atomic E-state index is 12.5. The molecule has 1 saturated carbocycles. The SMILES string of the molecule is CC[C@H]1CC[C@@H](c2ccc(-c3cnc(-c4ccc(C[C@H](N)C(=O)N[C@H](C)C(=O)OC(C)(C)C)cc4)nc3)cc2)CC1. The number of carbonyl (C=O) groups is 2. The highest BCUT2D eigenvalue weighted by molar-refractivity contribution is 5.87. The van der Waals surface area contributed by atoms with E-state index in [0.29, 0.717) is 18.2 Å². The molecule has 1 aliphatic rings. The molecule has 3 aromatic rings. The number of ether oxygens (including phenoxy) is 1. The lowest BCUT2D eigenvalue weighted by Gasteiger charge is -2.28. The van der Waals surface area contributed by atoms with Crippen LogP contribution in [-0.2, 0) is 20.7 Å². The first-order chi connectivity index (χ1) is 19.5. The maximum atomic E-state index is 12.5. The molecule has 0 saturated heterocycles. The summed E-state index contributed by atoms with van der Waals surface area (Å²) in [6, 6.07) is 15.0. The molecular formula is C34H44N4O3. The number of benzene rings is 2. The summed E-state index contributed by atoms with van der Waals surface area (Å²) in [4.78, 5) is 33.9. The molecule has 7 nitrogen and oxygen atoms in total. The van der Waals surface area contributed by atoms with Crippen LogP contribution in [0.5, 0.6) is 0 Å². The van der Waals surface area contributed by atoms with Gasteiger partial charge in [0.1, 0.15) is 11.6 Å². The highest BCUT2D eigenvalue weighted by atomic mass is 16.6. The van der Waals surface area contributed by atoms with Gasteiger partial charge in [0.05, 0.1) is 6.04 Å². The summed E-state index contributed by atoms with van der Waals surface area (Å²) in [7, 11) is 0. The van der Waals surface area contributed by atoms with Crippen LogP contribution in [-0.4, -0.2) is 39.5 Å². The Balaban J connectivity index is 1.31. The molecule has 1 amide bonds. The third-order valence-corrected chi connectivity index (χ3v) is 7.91. The molecule has 1 aromatic heterocycles. The third kappa shape index (κ3) is 8.46. The molecular weight excluding hydrogens is 512 g/mol. The second-order valence-electron chi connectivity index (χ2n) is 12.3. The van der Waals surface area contributed by atoms with E-state index < -0.39 is 29.6 Å². The minimum Gasteiger partial charge on any atom is -0.458 e. The summed E-state index contributed by atoms with van der Waals surface area (Å²) in [6.07, 6.45) is 10.6. The van der Waals surface area contributed by atoms with Gasteiger partial charge in [-0.05, 0) is 88.3 Å². The van der Waals surface area contributed by atoms with Crippen LogP contribution in [0.2, 0.25) is 0 Å². The Morgan fingerprint density at radius 3 is 2.07 bits per heavy atom. The molecule has 0 spiro atoms. The first-order valence-electron chi connectivity index (χ1n) is 14.8. The first-order valence-corrected chi connectivity index (χ1v) is 14.8. The van der Waals surface area contributed by atoms with Crippen LogP contribution >= 0.6 is 0 Å². The van der Waals surface area contributed by atoms with Crippen LogP contribution in [0.4, 0.5) is 0 Å². The quantitative estimate of drug-likeness (QED) is 0.304. The lowest BCUT2D eigenvalue weighted by molar-refractivity contribution is -0.158. The number of rotatable bonds is 9. The van der Waals surface area contributed by atoms with Crippen molar-refractivity contribution < 1.29 is 14.3 Å². The zero-order valence-electron chi connectivity index (χ0n) is 25.0.